The highest BCUT2D eigenvalue weighted by atomic mass is 35.5. The van der Waals surface area contributed by atoms with Gasteiger partial charge in [0.1, 0.15) is 0 Å². The first-order valence-corrected chi connectivity index (χ1v) is 13.6. The van der Waals surface area contributed by atoms with Crippen LogP contribution in [0.15, 0.2) is 45.0 Å². The molecule has 1 heterocycles. The van der Waals surface area contributed by atoms with E-state index in [-0.39, 0.29) is 16.5 Å². The summed E-state index contributed by atoms with van der Waals surface area (Å²) in [6, 6.07) is 3.40. The lowest BCUT2D eigenvalue weighted by Crippen LogP contribution is -2.18. The number of nitrogens with zero attached hydrogens (tertiary/aromatic N) is 3. The Morgan fingerprint density at radius 2 is 1.77 bits per heavy atom. The fourth-order valence-corrected chi connectivity index (χ4v) is 4.89. The molecule has 0 saturated carbocycles. The van der Waals surface area contributed by atoms with Crippen molar-refractivity contribution in [2.45, 2.75) is 79.3 Å². The molecule has 0 radical (unpaired) electrons. The summed E-state index contributed by atoms with van der Waals surface area (Å²) >= 11 is 13.7. The van der Waals surface area contributed by atoms with Gasteiger partial charge in [-0.25, -0.2) is 14.5 Å². The average molecular weight is 544 g/mol. The lowest BCUT2D eigenvalue weighted by Gasteiger charge is -2.15. The maximum Gasteiger partial charge on any atom is 0.348 e. The number of benzene rings is 1. The molecule has 0 atom stereocenters. The Hall–Kier alpha value is -2.03. The fourth-order valence-electron chi connectivity index (χ4n) is 3.64. The molecule has 0 bridgehead atoms. The van der Waals surface area contributed by atoms with Gasteiger partial charge in [0.15, 0.2) is 5.16 Å². The van der Waals surface area contributed by atoms with Crippen LogP contribution in [0.2, 0.25) is 10.0 Å². The molecule has 0 aliphatic carbocycles. The predicted octanol–water partition coefficient (Wildman–Crippen LogP) is 8.04. The van der Waals surface area contributed by atoms with Gasteiger partial charge in [0.2, 0.25) is 0 Å². The maximum absolute atomic E-state index is 12.6. The second kappa shape index (κ2) is 14.5. The first kappa shape index (κ1) is 31.0. The molecule has 1 aromatic carbocycles. The Kier molecular flexibility index (Phi) is 12.9. The van der Waals surface area contributed by atoms with E-state index in [1.807, 2.05) is 34.6 Å². The van der Waals surface area contributed by atoms with Crippen molar-refractivity contribution in [2.24, 2.45) is 5.92 Å². The van der Waals surface area contributed by atoms with Crippen LogP contribution in [0.5, 0.6) is 0 Å². The Morgan fingerprint density at radius 1 is 1.20 bits per heavy atom. The third kappa shape index (κ3) is 7.98. The molecule has 1 aromatic heterocycles. The molecule has 2 aromatic rings. The molecule has 0 spiro atoms. The number of nitrogens with one attached hydrogen (secondary N) is 1. The molecule has 0 amide bonds. The summed E-state index contributed by atoms with van der Waals surface area (Å²) < 4.78 is 1.44. The first-order chi connectivity index (χ1) is 16.5. The molecule has 0 saturated heterocycles. The van der Waals surface area contributed by atoms with E-state index in [1.165, 1.54) is 16.3 Å². The molecular weight excluding hydrogens is 507 g/mol. The van der Waals surface area contributed by atoms with Gasteiger partial charge in [-0.1, -0.05) is 82.1 Å². The van der Waals surface area contributed by atoms with Gasteiger partial charge in [-0.05, 0) is 56.2 Å². The average Bonchev–Trinajstić information content (AvgIpc) is 3.19. The summed E-state index contributed by atoms with van der Waals surface area (Å²) in [5.74, 6) is 0.683. The topological polar surface area (TPSA) is 93.8 Å². The van der Waals surface area contributed by atoms with Crippen molar-refractivity contribution in [3.63, 3.8) is 0 Å². The van der Waals surface area contributed by atoms with Crippen LogP contribution in [0.1, 0.15) is 79.7 Å². The van der Waals surface area contributed by atoms with Crippen LogP contribution in [0.25, 0.3) is 5.69 Å². The molecule has 0 aliphatic rings. The molecule has 10 heteroatoms. The Bertz CT molecular complexity index is 1130. The van der Waals surface area contributed by atoms with Crippen LogP contribution in [-0.2, 0) is 0 Å². The molecule has 7 nitrogen and oxygen atoms in total. The highest BCUT2D eigenvalue weighted by molar-refractivity contribution is 7.99. The van der Waals surface area contributed by atoms with Gasteiger partial charge >= 0.3 is 5.69 Å². The third-order valence-electron chi connectivity index (χ3n) is 5.62. The van der Waals surface area contributed by atoms with Crippen molar-refractivity contribution < 1.29 is 4.92 Å². The van der Waals surface area contributed by atoms with Gasteiger partial charge in [0.25, 0.3) is 5.70 Å². The van der Waals surface area contributed by atoms with E-state index in [0.29, 0.717) is 38.1 Å². The van der Waals surface area contributed by atoms with Gasteiger partial charge in [-0.15, -0.1) is 5.10 Å². The van der Waals surface area contributed by atoms with E-state index in [0.717, 1.165) is 24.0 Å². The number of thioether (sulfide) groups is 1. The minimum atomic E-state index is -0.418. The van der Waals surface area contributed by atoms with Gasteiger partial charge in [-0.3, -0.25) is 10.1 Å². The van der Waals surface area contributed by atoms with E-state index in [1.54, 1.807) is 25.1 Å². The summed E-state index contributed by atoms with van der Waals surface area (Å²) in [6.07, 6.45) is 3.53. The summed E-state index contributed by atoms with van der Waals surface area (Å²) in [5, 5.41) is 19.5. The monoisotopic (exact) mass is 542 g/mol. The number of rotatable bonds is 10. The minimum absolute atomic E-state index is 0.0775. The quantitative estimate of drug-likeness (QED) is 0.142. The standard InChI is InChI=1S/C23H30Cl2N4O3S.C2H6/c1-7-16(8-2)14(5)9-20(29(31)32)15(6)12-33-23-27-26-22(30)28(23)21-11-19(25)18(24)10-17(21)13(3)4;1-2/h9-11,13,16H,7-8,12H2,1-6H3,(H,26,30);1-2H3/b14-9+,20-15-;. The van der Waals surface area contributed by atoms with Crippen LogP contribution >= 0.6 is 35.0 Å². The number of nitro groups is 1. The minimum Gasteiger partial charge on any atom is -0.258 e. The Balaban J connectivity index is 0.00000298. The van der Waals surface area contributed by atoms with E-state index in [2.05, 4.69) is 24.0 Å². The largest absolute Gasteiger partial charge is 0.348 e. The second-order valence-electron chi connectivity index (χ2n) is 8.24. The number of halogens is 2. The molecule has 2 rings (SSSR count). The van der Waals surface area contributed by atoms with Crippen molar-refractivity contribution in [3.05, 3.63) is 71.3 Å². The summed E-state index contributed by atoms with van der Waals surface area (Å²) in [6.45, 7) is 15.8. The summed E-state index contributed by atoms with van der Waals surface area (Å²) in [5.41, 5.74) is 2.67. The molecular formula is C25H36Cl2N4O3S. The number of aromatic amines is 1. The van der Waals surface area contributed by atoms with Gasteiger partial charge in [-0.2, -0.15) is 0 Å². The van der Waals surface area contributed by atoms with Crippen molar-refractivity contribution >= 4 is 35.0 Å². The molecule has 194 valence electrons. The van der Waals surface area contributed by atoms with E-state index < -0.39 is 5.69 Å². The highest BCUT2D eigenvalue weighted by Gasteiger charge is 2.20. The van der Waals surface area contributed by atoms with E-state index >= 15 is 0 Å². The smallest absolute Gasteiger partial charge is 0.258 e. The zero-order valence-electron chi connectivity index (χ0n) is 21.7. The molecule has 0 fully saturated rings. The van der Waals surface area contributed by atoms with E-state index in [9.17, 15) is 14.9 Å². The van der Waals surface area contributed by atoms with Gasteiger partial charge < -0.3 is 0 Å². The van der Waals surface area contributed by atoms with Gasteiger partial charge in [0, 0.05) is 17.4 Å². The predicted molar refractivity (Wildman–Crippen MR) is 148 cm³/mol. The van der Waals surface area contributed by atoms with Crippen molar-refractivity contribution in [3.8, 4) is 5.69 Å². The normalized spacial score (nSPS) is 12.5. The number of aromatic nitrogens is 3. The maximum atomic E-state index is 12.6. The lowest BCUT2D eigenvalue weighted by atomic mass is 9.94. The molecule has 0 aliphatic heterocycles. The highest BCUT2D eigenvalue weighted by Crippen LogP contribution is 2.33. The number of allylic oxidation sites excluding steroid dienone is 2. The second-order valence-corrected chi connectivity index (χ2v) is 10.00. The van der Waals surface area contributed by atoms with Crippen LogP contribution in [-0.4, -0.2) is 25.4 Å². The first-order valence-electron chi connectivity index (χ1n) is 11.8. The number of hydrogen-bond donors (Lipinski definition) is 1. The van der Waals surface area contributed by atoms with Gasteiger partial charge in [0.05, 0.1) is 20.7 Å². The van der Waals surface area contributed by atoms with Crippen molar-refractivity contribution in [1.29, 1.82) is 0 Å². The van der Waals surface area contributed by atoms with Crippen molar-refractivity contribution in [1.82, 2.24) is 14.8 Å². The molecule has 0 unspecified atom stereocenters. The Labute approximate surface area is 222 Å². The number of hydrogen-bond acceptors (Lipinski definition) is 5. The Morgan fingerprint density at radius 3 is 2.29 bits per heavy atom. The third-order valence-corrected chi connectivity index (χ3v) is 7.45. The van der Waals surface area contributed by atoms with Crippen LogP contribution in [0, 0.1) is 16.0 Å². The van der Waals surface area contributed by atoms with Crippen LogP contribution in [0.3, 0.4) is 0 Å². The zero-order valence-corrected chi connectivity index (χ0v) is 24.1. The zero-order chi connectivity index (χ0) is 26.9. The molecule has 1 N–H and O–H groups in total. The van der Waals surface area contributed by atoms with Crippen molar-refractivity contribution in [2.75, 3.05) is 5.75 Å². The van der Waals surface area contributed by atoms with Crippen LogP contribution in [0.4, 0.5) is 0 Å². The summed E-state index contributed by atoms with van der Waals surface area (Å²) in [7, 11) is 0. The summed E-state index contributed by atoms with van der Waals surface area (Å²) in [4.78, 5) is 24.0. The fraction of sp³-hybridized carbons (Fsp3) is 0.520. The molecule has 35 heavy (non-hydrogen) atoms. The number of H-pyrrole nitrogens is 1. The SMILES string of the molecule is CC.CCC(CC)/C(C)=C/C(=C(\C)CSc1n[nH]c(=O)n1-c1cc(Cl)c(Cl)cc1C(C)C)[N+](=O)[O-]. The van der Waals surface area contributed by atoms with Crippen LogP contribution < -0.4 is 5.69 Å². The van der Waals surface area contributed by atoms with E-state index in [4.69, 9.17) is 23.2 Å². The lowest BCUT2D eigenvalue weighted by molar-refractivity contribution is -0.420.